The topological polar surface area (TPSA) is 55.1 Å². The van der Waals surface area contributed by atoms with Crippen molar-refractivity contribution in [1.82, 2.24) is 10.3 Å². The van der Waals surface area contributed by atoms with Crippen LogP contribution in [0, 0.1) is 19.8 Å². The maximum absolute atomic E-state index is 11.9. The number of carbonyl (C=O) groups excluding carboxylic acids is 1. The van der Waals surface area contributed by atoms with Gasteiger partial charge in [0.2, 0.25) is 5.76 Å². The van der Waals surface area contributed by atoms with Crippen molar-refractivity contribution < 1.29 is 9.21 Å². The van der Waals surface area contributed by atoms with E-state index in [1.807, 2.05) is 0 Å². The third kappa shape index (κ3) is 3.07. The third-order valence-corrected chi connectivity index (χ3v) is 3.09. The summed E-state index contributed by atoms with van der Waals surface area (Å²) in [6, 6.07) is 0.0947. The molecule has 5 heteroatoms. The molecule has 1 rings (SSSR count). The molecule has 1 aromatic heterocycles. The zero-order chi connectivity index (χ0) is 12.3. The van der Waals surface area contributed by atoms with Crippen LogP contribution in [0.15, 0.2) is 4.42 Å². The number of hydrogen-bond acceptors (Lipinski definition) is 3. The largest absolute Gasteiger partial charge is 0.436 e. The number of nitrogens with zero attached hydrogens (tertiary/aromatic N) is 1. The summed E-state index contributed by atoms with van der Waals surface area (Å²) in [5, 5.41) is 3.64. The predicted molar refractivity (Wildman–Crippen MR) is 65.9 cm³/mol. The van der Waals surface area contributed by atoms with E-state index in [0.29, 0.717) is 23.3 Å². The Kier molecular flexibility index (Phi) is 4.53. The van der Waals surface area contributed by atoms with Crippen molar-refractivity contribution in [2.45, 2.75) is 33.7 Å². The highest BCUT2D eigenvalue weighted by Gasteiger charge is 2.20. The SMILES string of the molecule is Cc1nc(C)c(C(=O)NC(CBr)C(C)C)o1. The molecule has 1 amide bonds. The molecule has 1 unspecified atom stereocenters. The fourth-order valence-electron chi connectivity index (χ4n) is 1.36. The van der Waals surface area contributed by atoms with E-state index in [-0.39, 0.29) is 11.9 Å². The first-order valence-corrected chi connectivity index (χ1v) is 6.38. The summed E-state index contributed by atoms with van der Waals surface area (Å²) < 4.78 is 5.26. The van der Waals surface area contributed by atoms with Gasteiger partial charge in [0.15, 0.2) is 5.89 Å². The molecule has 90 valence electrons. The van der Waals surface area contributed by atoms with Gasteiger partial charge in [0.05, 0.1) is 5.69 Å². The number of nitrogens with one attached hydrogen (secondary N) is 1. The molecule has 0 fully saturated rings. The van der Waals surface area contributed by atoms with E-state index >= 15 is 0 Å². The highest BCUT2D eigenvalue weighted by Crippen LogP contribution is 2.11. The predicted octanol–water partition coefficient (Wildman–Crippen LogP) is 2.44. The minimum atomic E-state index is -0.198. The number of carbonyl (C=O) groups is 1. The summed E-state index contributed by atoms with van der Waals surface area (Å²) in [4.78, 5) is 16.0. The van der Waals surface area contributed by atoms with Gasteiger partial charge in [0.1, 0.15) is 0 Å². The van der Waals surface area contributed by atoms with Gasteiger partial charge >= 0.3 is 0 Å². The summed E-state index contributed by atoms with van der Waals surface area (Å²) in [5.74, 6) is 0.996. The van der Waals surface area contributed by atoms with E-state index in [0.717, 1.165) is 5.33 Å². The summed E-state index contributed by atoms with van der Waals surface area (Å²) in [5.41, 5.74) is 0.632. The van der Waals surface area contributed by atoms with Gasteiger partial charge in [-0.15, -0.1) is 0 Å². The summed E-state index contributed by atoms with van der Waals surface area (Å²) in [7, 11) is 0. The van der Waals surface area contributed by atoms with Crippen molar-refractivity contribution in [2.75, 3.05) is 5.33 Å². The molecule has 0 aliphatic heterocycles. The van der Waals surface area contributed by atoms with Crippen molar-refractivity contribution in [3.8, 4) is 0 Å². The lowest BCUT2D eigenvalue weighted by Gasteiger charge is -2.19. The van der Waals surface area contributed by atoms with Crippen LogP contribution in [0.5, 0.6) is 0 Å². The van der Waals surface area contributed by atoms with Gasteiger partial charge in [-0.25, -0.2) is 4.98 Å². The lowest BCUT2D eigenvalue weighted by atomic mass is 10.1. The molecule has 0 aliphatic carbocycles. The van der Waals surface area contributed by atoms with Crippen molar-refractivity contribution >= 4 is 21.8 Å². The van der Waals surface area contributed by atoms with E-state index < -0.39 is 0 Å². The van der Waals surface area contributed by atoms with Gasteiger partial charge < -0.3 is 9.73 Å². The number of aromatic nitrogens is 1. The molecule has 16 heavy (non-hydrogen) atoms. The molecule has 1 N–H and O–H groups in total. The van der Waals surface area contributed by atoms with Crippen molar-refractivity contribution in [2.24, 2.45) is 5.92 Å². The van der Waals surface area contributed by atoms with Gasteiger partial charge in [-0.2, -0.15) is 0 Å². The molecule has 0 radical (unpaired) electrons. The molecule has 0 aliphatic rings. The normalized spacial score (nSPS) is 12.9. The quantitative estimate of drug-likeness (QED) is 0.866. The molecule has 0 saturated carbocycles. The Bertz CT molecular complexity index is 374. The molecule has 4 nitrogen and oxygen atoms in total. The zero-order valence-corrected chi connectivity index (χ0v) is 11.6. The second-order valence-electron chi connectivity index (χ2n) is 4.13. The second kappa shape index (κ2) is 5.48. The molecule has 0 saturated heterocycles. The van der Waals surface area contributed by atoms with E-state index in [1.54, 1.807) is 13.8 Å². The first kappa shape index (κ1) is 13.2. The van der Waals surface area contributed by atoms with Crippen LogP contribution in [0.2, 0.25) is 0 Å². The van der Waals surface area contributed by atoms with Crippen LogP contribution in [0.3, 0.4) is 0 Å². The van der Waals surface area contributed by atoms with E-state index in [1.165, 1.54) is 0 Å². The van der Waals surface area contributed by atoms with E-state index in [9.17, 15) is 4.79 Å². The lowest BCUT2D eigenvalue weighted by molar-refractivity contribution is 0.0901. The minimum absolute atomic E-state index is 0.0947. The minimum Gasteiger partial charge on any atom is -0.436 e. The van der Waals surface area contributed by atoms with E-state index in [2.05, 4.69) is 40.1 Å². The van der Waals surface area contributed by atoms with Crippen molar-refractivity contribution in [3.05, 3.63) is 17.3 Å². The van der Waals surface area contributed by atoms with Gasteiger partial charge in [-0.05, 0) is 12.8 Å². The fraction of sp³-hybridized carbons (Fsp3) is 0.636. The number of halogens is 1. The third-order valence-electron chi connectivity index (χ3n) is 2.40. The van der Waals surface area contributed by atoms with Crippen molar-refractivity contribution in [3.63, 3.8) is 0 Å². The lowest BCUT2D eigenvalue weighted by Crippen LogP contribution is -2.39. The first-order chi connectivity index (χ1) is 7.45. The Morgan fingerprint density at radius 3 is 2.50 bits per heavy atom. The monoisotopic (exact) mass is 288 g/mol. The molecule has 0 spiro atoms. The molecular weight excluding hydrogens is 272 g/mol. The number of hydrogen-bond donors (Lipinski definition) is 1. The zero-order valence-electron chi connectivity index (χ0n) is 10.0. The average Bonchev–Trinajstić information content (AvgIpc) is 2.53. The molecule has 1 atom stereocenters. The standard InChI is InChI=1S/C11H17BrN2O2/c1-6(2)9(5-12)14-11(15)10-7(3)13-8(4)16-10/h6,9H,5H2,1-4H3,(H,14,15). The van der Waals surface area contributed by atoms with Crippen molar-refractivity contribution in [1.29, 1.82) is 0 Å². The Morgan fingerprint density at radius 1 is 1.50 bits per heavy atom. The first-order valence-electron chi connectivity index (χ1n) is 5.26. The Balaban J connectivity index is 2.75. The average molecular weight is 289 g/mol. The number of alkyl halides is 1. The van der Waals surface area contributed by atoms with Gasteiger partial charge in [-0.3, -0.25) is 4.79 Å². The number of amides is 1. The van der Waals surface area contributed by atoms with Crippen LogP contribution >= 0.6 is 15.9 Å². The Morgan fingerprint density at radius 2 is 2.12 bits per heavy atom. The number of rotatable bonds is 4. The maximum atomic E-state index is 11.9. The summed E-state index contributed by atoms with van der Waals surface area (Å²) in [6.07, 6.45) is 0. The summed E-state index contributed by atoms with van der Waals surface area (Å²) in [6.45, 7) is 7.62. The van der Waals surface area contributed by atoms with Crippen LogP contribution in [0.1, 0.15) is 36.0 Å². The van der Waals surface area contributed by atoms with Gasteiger partial charge in [-0.1, -0.05) is 29.8 Å². The maximum Gasteiger partial charge on any atom is 0.289 e. The molecule has 1 heterocycles. The summed E-state index contributed by atoms with van der Waals surface area (Å²) >= 11 is 3.38. The molecular formula is C11H17BrN2O2. The Labute approximate surface area is 104 Å². The molecule has 0 bridgehead atoms. The van der Waals surface area contributed by atoms with Crippen LogP contribution in [0.4, 0.5) is 0 Å². The fourth-order valence-corrected chi connectivity index (χ4v) is 2.27. The van der Waals surface area contributed by atoms with Crippen LogP contribution < -0.4 is 5.32 Å². The molecule has 1 aromatic rings. The number of aryl methyl sites for hydroxylation is 2. The Hall–Kier alpha value is -0.840. The van der Waals surface area contributed by atoms with E-state index in [4.69, 9.17) is 4.42 Å². The molecule has 0 aromatic carbocycles. The van der Waals surface area contributed by atoms with Crippen LogP contribution in [-0.4, -0.2) is 22.3 Å². The highest BCUT2D eigenvalue weighted by molar-refractivity contribution is 9.09. The smallest absolute Gasteiger partial charge is 0.289 e. The number of oxazole rings is 1. The van der Waals surface area contributed by atoms with Gasteiger partial charge in [0, 0.05) is 18.3 Å². The van der Waals surface area contributed by atoms with Crippen LogP contribution in [-0.2, 0) is 0 Å². The second-order valence-corrected chi connectivity index (χ2v) is 4.77. The highest BCUT2D eigenvalue weighted by atomic mass is 79.9. The van der Waals surface area contributed by atoms with Gasteiger partial charge in [0.25, 0.3) is 5.91 Å². The van der Waals surface area contributed by atoms with Crippen LogP contribution in [0.25, 0.3) is 0 Å².